The Morgan fingerprint density at radius 1 is 1.50 bits per heavy atom. The number of halogens is 1. The molecule has 22 heavy (non-hydrogen) atoms. The molecule has 0 radical (unpaired) electrons. The van der Waals surface area contributed by atoms with E-state index in [-0.39, 0.29) is 18.7 Å². The number of hydrogen-bond acceptors (Lipinski definition) is 5. The van der Waals surface area contributed by atoms with Gasteiger partial charge >= 0.3 is 12.1 Å². The largest absolute Gasteiger partial charge is 0.447 e. The monoisotopic (exact) mass is 312 g/mol. The standard InChI is InChI=1S/C15H21FN2O4/c1-9(8-17)21-13(19)12-10(2)18(7-6-11(12)16)14(20)22-15(3,4)5/h9,11-12H,2,6-7H2,1,3-5H3. The Bertz CT molecular complexity index is 507. The summed E-state index contributed by atoms with van der Waals surface area (Å²) in [5, 5.41) is 8.65. The molecule has 0 aromatic rings. The molecular formula is C15H21FN2O4. The highest BCUT2D eigenvalue weighted by Gasteiger charge is 2.42. The van der Waals surface area contributed by atoms with E-state index in [2.05, 4.69) is 6.58 Å². The summed E-state index contributed by atoms with van der Waals surface area (Å²) in [6, 6.07) is 1.73. The number of nitriles is 1. The molecule has 1 heterocycles. The average molecular weight is 312 g/mol. The number of amides is 1. The first-order valence-corrected chi connectivity index (χ1v) is 7.00. The fourth-order valence-corrected chi connectivity index (χ4v) is 2.02. The molecule has 0 bridgehead atoms. The van der Waals surface area contributed by atoms with Crippen LogP contribution >= 0.6 is 0 Å². The Hall–Kier alpha value is -2.10. The predicted molar refractivity (Wildman–Crippen MR) is 76.3 cm³/mol. The van der Waals surface area contributed by atoms with Crippen molar-refractivity contribution in [3.63, 3.8) is 0 Å². The molecule has 6 nitrogen and oxygen atoms in total. The molecule has 0 aromatic carbocycles. The van der Waals surface area contributed by atoms with Crippen LogP contribution in [0.4, 0.5) is 9.18 Å². The molecule has 0 aliphatic carbocycles. The van der Waals surface area contributed by atoms with Gasteiger partial charge in [-0.2, -0.15) is 5.26 Å². The van der Waals surface area contributed by atoms with Crippen LogP contribution in [-0.2, 0) is 14.3 Å². The second-order valence-electron chi connectivity index (χ2n) is 6.11. The van der Waals surface area contributed by atoms with Gasteiger partial charge in [0.05, 0.1) is 0 Å². The van der Waals surface area contributed by atoms with Crippen molar-refractivity contribution >= 4 is 12.1 Å². The molecule has 122 valence electrons. The Balaban J connectivity index is 2.86. The molecule has 1 amide bonds. The average Bonchev–Trinajstić information content (AvgIpc) is 2.36. The van der Waals surface area contributed by atoms with Crippen LogP contribution in [0.15, 0.2) is 12.3 Å². The van der Waals surface area contributed by atoms with Crippen LogP contribution in [0.1, 0.15) is 34.1 Å². The normalized spacial score (nSPS) is 23.5. The van der Waals surface area contributed by atoms with Crippen molar-refractivity contribution in [1.82, 2.24) is 4.90 Å². The summed E-state index contributed by atoms with van der Waals surface area (Å²) in [6.45, 7) is 10.2. The number of hydrogen-bond donors (Lipinski definition) is 0. The zero-order chi connectivity index (χ0) is 17.1. The smallest absolute Gasteiger partial charge is 0.414 e. The lowest BCUT2D eigenvalue weighted by molar-refractivity contribution is -0.153. The summed E-state index contributed by atoms with van der Waals surface area (Å²) in [5.41, 5.74) is -0.724. The van der Waals surface area contributed by atoms with Gasteiger partial charge in [0.25, 0.3) is 0 Å². The summed E-state index contributed by atoms with van der Waals surface area (Å²) in [4.78, 5) is 25.2. The molecule has 7 heteroatoms. The highest BCUT2D eigenvalue weighted by Crippen LogP contribution is 2.31. The van der Waals surface area contributed by atoms with Crippen molar-refractivity contribution in [3.8, 4) is 6.07 Å². The first kappa shape index (κ1) is 18.0. The highest BCUT2D eigenvalue weighted by atomic mass is 19.1. The minimum atomic E-state index is -1.51. The number of likely N-dealkylation sites (tertiary alicyclic amines) is 1. The lowest BCUT2D eigenvalue weighted by Crippen LogP contribution is -2.47. The molecule has 1 rings (SSSR count). The second-order valence-corrected chi connectivity index (χ2v) is 6.11. The Labute approximate surface area is 129 Å². The van der Waals surface area contributed by atoms with Crippen LogP contribution in [0.25, 0.3) is 0 Å². The summed E-state index contributed by atoms with van der Waals surface area (Å²) in [7, 11) is 0. The molecular weight excluding hydrogens is 291 g/mol. The molecule has 3 atom stereocenters. The van der Waals surface area contributed by atoms with E-state index in [1.165, 1.54) is 6.92 Å². The lowest BCUT2D eigenvalue weighted by atomic mass is 9.93. The van der Waals surface area contributed by atoms with Gasteiger partial charge in [-0.05, 0) is 34.1 Å². The van der Waals surface area contributed by atoms with E-state index in [4.69, 9.17) is 14.7 Å². The molecule has 0 saturated carbocycles. The summed E-state index contributed by atoms with van der Waals surface area (Å²) < 4.78 is 24.1. The van der Waals surface area contributed by atoms with Gasteiger partial charge in [-0.25, -0.2) is 9.18 Å². The van der Waals surface area contributed by atoms with Gasteiger partial charge in [0, 0.05) is 12.2 Å². The first-order chi connectivity index (χ1) is 10.1. The van der Waals surface area contributed by atoms with Crippen LogP contribution in [0.5, 0.6) is 0 Å². The molecule has 0 aromatic heterocycles. The summed E-state index contributed by atoms with van der Waals surface area (Å²) in [6.07, 6.45) is -3.22. The van der Waals surface area contributed by atoms with E-state index in [0.717, 1.165) is 4.90 Å². The van der Waals surface area contributed by atoms with Crippen molar-refractivity contribution in [3.05, 3.63) is 12.3 Å². The Morgan fingerprint density at radius 2 is 2.09 bits per heavy atom. The molecule has 1 aliphatic heterocycles. The van der Waals surface area contributed by atoms with Crippen LogP contribution in [0.2, 0.25) is 0 Å². The van der Waals surface area contributed by atoms with Crippen LogP contribution in [0.3, 0.4) is 0 Å². The second kappa shape index (κ2) is 6.77. The quantitative estimate of drug-likeness (QED) is 0.732. The summed E-state index contributed by atoms with van der Waals surface area (Å²) >= 11 is 0. The lowest BCUT2D eigenvalue weighted by Gasteiger charge is -2.36. The van der Waals surface area contributed by atoms with Crippen molar-refractivity contribution in [2.45, 2.75) is 52.0 Å². The van der Waals surface area contributed by atoms with E-state index in [0.29, 0.717) is 0 Å². The number of piperidine rings is 1. The number of rotatable bonds is 2. The molecule has 1 aliphatic rings. The SMILES string of the molecule is C=C1C(C(=O)OC(C)C#N)C(F)CCN1C(=O)OC(C)(C)C. The van der Waals surface area contributed by atoms with E-state index < -0.39 is 35.9 Å². The molecule has 1 fully saturated rings. The first-order valence-electron chi connectivity index (χ1n) is 7.00. The van der Waals surface area contributed by atoms with E-state index >= 15 is 0 Å². The fraction of sp³-hybridized carbons (Fsp3) is 0.667. The van der Waals surface area contributed by atoms with Crippen LogP contribution in [-0.4, -0.2) is 41.4 Å². The predicted octanol–water partition coefficient (Wildman–Crippen LogP) is 2.55. The maximum absolute atomic E-state index is 14.1. The number of carbonyl (C=O) groups is 2. The third kappa shape index (κ3) is 4.45. The fourth-order valence-electron chi connectivity index (χ4n) is 2.02. The van der Waals surface area contributed by atoms with Crippen molar-refractivity contribution in [1.29, 1.82) is 5.26 Å². The molecule has 0 spiro atoms. The van der Waals surface area contributed by atoms with Gasteiger partial charge in [0.2, 0.25) is 0 Å². The van der Waals surface area contributed by atoms with Crippen molar-refractivity contribution < 1.29 is 23.5 Å². The Morgan fingerprint density at radius 3 is 2.59 bits per heavy atom. The van der Waals surface area contributed by atoms with Gasteiger partial charge in [0.1, 0.15) is 23.8 Å². The third-order valence-corrected chi connectivity index (χ3v) is 3.04. The number of esters is 1. The van der Waals surface area contributed by atoms with Crippen molar-refractivity contribution in [2.24, 2.45) is 5.92 Å². The topological polar surface area (TPSA) is 79.6 Å². The minimum absolute atomic E-state index is 0.0110. The van der Waals surface area contributed by atoms with Gasteiger partial charge < -0.3 is 9.47 Å². The maximum Gasteiger partial charge on any atom is 0.414 e. The number of ether oxygens (including phenoxy) is 2. The number of carbonyl (C=O) groups excluding carboxylic acids is 2. The van der Waals surface area contributed by atoms with Gasteiger partial charge in [-0.1, -0.05) is 6.58 Å². The third-order valence-electron chi connectivity index (χ3n) is 3.04. The zero-order valence-electron chi connectivity index (χ0n) is 13.3. The molecule has 3 unspecified atom stereocenters. The zero-order valence-corrected chi connectivity index (χ0v) is 13.3. The highest BCUT2D eigenvalue weighted by molar-refractivity contribution is 5.80. The number of alkyl halides is 1. The number of nitrogens with zero attached hydrogens (tertiary/aromatic N) is 2. The van der Waals surface area contributed by atoms with Crippen LogP contribution in [0, 0.1) is 17.2 Å². The van der Waals surface area contributed by atoms with E-state index in [1.54, 1.807) is 26.8 Å². The van der Waals surface area contributed by atoms with Gasteiger partial charge in [0.15, 0.2) is 6.10 Å². The van der Waals surface area contributed by atoms with Gasteiger partial charge in [-0.15, -0.1) is 0 Å². The Kier molecular flexibility index (Phi) is 5.53. The van der Waals surface area contributed by atoms with Gasteiger partial charge in [-0.3, -0.25) is 9.69 Å². The molecule has 0 N–H and O–H groups in total. The van der Waals surface area contributed by atoms with E-state index in [1.807, 2.05) is 0 Å². The van der Waals surface area contributed by atoms with Crippen LogP contribution < -0.4 is 0 Å². The van der Waals surface area contributed by atoms with Crippen molar-refractivity contribution in [2.75, 3.05) is 6.54 Å². The van der Waals surface area contributed by atoms with E-state index in [9.17, 15) is 14.0 Å². The summed E-state index contributed by atoms with van der Waals surface area (Å²) in [5.74, 6) is -2.21. The molecule has 1 saturated heterocycles. The maximum atomic E-state index is 14.1. The minimum Gasteiger partial charge on any atom is -0.447 e.